The van der Waals surface area contributed by atoms with Gasteiger partial charge in [-0.25, -0.2) is 4.90 Å². The molecule has 0 heterocycles. The second-order valence-corrected chi connectivity index (χ2v) is 5.40. The molecule has 3 aromatic rings. The van der Waals surface area contributed by atoms with Crippen LogP contribution in [-0.4, -0.2) is 11.8 Å². The number of imide groups is 1. The zero-order valence-electron chi connectivity index (χ0n) is 13.1. The number of carbonyl (C=O) groups is 2. The van der Waals surface area contributed by atoms with E-state index in [0.717, 1.165) is 5.56 Å². The van der Waals surface area contributed by atoms with Gasteiger partial charge in [-0.1, -0.05) is 66.7 Å². The van der Waals surface area contributed by atoms with Crippen LogP contribution in [-0.2, 0) is 11.2 Å². The molecule has 3 aromatic carbocycles. The number of anilines is 1. The maximum atomic E-state index is 12.9. The molecule has 0 bridgehead atoms. The summed E-state index contributed by atoms with van der Waals surface area (Å²) in [4.78, 5) is 27.0. The molecule has 3 rings (SSSR count). The largest absolute Gasteiger partial charge is 0.274 e. The van der Waals surface area contributed by atoms with Gasteiger partial charge in [0.05, 0.1) is 12.1 Å². The van der Waals surface area contributed by atoms with Crippen LogP contribution in [0, 0.1) is 0 Å². The lowest BCUT2D eigenvalue weighted by Gasteiger charge is -2.21. The van der Waals surface area contributed by atoms with Crippen molar-refractivity contribution < 1.29 is 9.59 Å². The van der Waals surface area contributed by atoms with Gasteiger partial charge >= 0.3 is 0 Å². The monoisotopic (exact) mass is 315 g/mol. The molecule has 0 unspecified atom stereocenters. The van der Waals surface area contributed by atoms with Crippen LogP contribution in [0.25, 0.3) is 0 Å². The molecule has 0 radical (unpaired) electrons. The Kier molecular flexibility index (Phi) is 4.82. The van der Waals surface area contributed by atoms with Gasteiger partial charge in [-0.2, -0.15) is 0 Å². The predicted molar refractivity (Wildman–Crippen MR) is 94.8 cm³/mol. The first kappa shape index (κ1) is 15.7. The molecule has 0 aliphatic rings. The van der Waals surface area contributed by atoms with E-state index in [0.29, 0.717) is 11.3 Å². The number of para-hydroxylation sites is 1. The molecule has 118 valence electrons. The zero-order chi connectivity index (χ0) is 16.8. The summed E-state index contributed by atoms with van der Waals surface area (Å²) in [5, 5.41) is 0. The van der Waals surface area contributed by atoms with Crippen LogP contribution in [0.4, 0.5) is 5.69 Å². The Morgan fingerprint density at radius 2 is 1.17 bits per heavy atom. The van der Waals surface area contributed by atoms with Crippen molar-refractivity contribution >= 4 is 17.5 Å². The van der Waals surface area contributed by atoms with Crippen molar-refractivity contribution in [3.63, 3.8) is 0 Å². The number of hydrogen-bond donors (Lipinski definition) is 0. The summed E-state index contributed by atoms with van der Waals surface area (Å²) in [6, 6.07) is 27.3. The maximum Gasteiger partial charge on any atom is 0.265 e. The van der Waals surface area contributed by atoms with Gasteiger partial charge in [-0.3, -0.25) is 9.59 Å². The van der Waals surface area contributed by atoms with Crippen LogP contribution < -0.4 is 4.90 Å². The summed E-state index contributed by atoms with van der Waals surface area (Å²) in [5.41, 5.74) is 1.94. The van der Waals surface area contributed by atoms with Crippen molar-refractivity contribution in [3.05, 3.63) is 102 Å². The van der Waals surface area contributed by atoms with Crippen LogP contribution in [0.5, 0.6) is 0 Å². The Balaban J connectivity index is 1.93. The highest BCUT2D eigenvalue weighted by Gasteiger charge is 2.24. The van der Waals surface area contributed by atoms with Gasteiger partial charge in [0.1, 0.15) is 0 Å². The fourth-order valence-electron chi connectivity index (χ4n) is 2.51. The Morgan fingerprint density at radius 1 is 0.667 bits per heavy atom. The lowest BCUT2D eigenvalue weighted by Crippen LogP contribution is -2.38. The molecule has 3 nitrogen and oxygen atoms in total. The molecule has 0 fully saturated rings. The standard InChI is InChI=1S/C21H17NO2/c23-20(16-17-10-4-1-5-11-17)22(19-14-8-3-9-15-19)21(24)18-12-6-2-7-13-18/h1-15H,16H2. The van der Waals surface area contributed by atoms with Gasteiger partial charge in [0.2, 0.25) is 5.91 Å². The minimum absolute atomic E-state index is 0.175. The van der Waals surface area contributed by atoms with E-state index in [9.17, 15) is 9.59 Å². The number of benzene rings is 3. The number of carbonyl (C=O) groups excluding carboxylic acids is 2. The Hall–Kier alpha value is -3.20. The SMILES string of the molecule is O=C(Cc1ccccc1)N(C(=O)c1ccccc1)c1ccccc1. The molecule has 0 spiro atoms. The molecule has 0 saturated heterocycles. The molecule has 24 heavy (non-hydrogen) atoms. The average molecular weight is 315 g/mol. The number of hydrogen-bond acceptors (Lipinski definition) is 2. The molecule has 0 N–H and O–H groups in total. The normalized spacial score (nSPS) is 10.2. The van der Waals surface area contributed by atoms with E-state index in [1.54, 1.807) is 36.4 Å². The highest BCUT2D eigenvalue weighted by atomic mass is 16.2. The fraction of sp³-hybridized carbons (Fsp3) is 0.0476. The van der Waals surface area contributed by atoms with Crippen LogP contribution in [0.3, 0.4) is 0 Å². The van der Waals surface area contributed by atoms with E-state index in [1.807, 2.05) is 54.6 Å². The highest BCUT2D eigenvalue weighted by Crippen LogP contribution is 2.18. The van der Waals surface area contributed by atoms with Crippen molar-refractivity contribution in [2.45, 2.75) is 6.42 Å². The van der Waals surface area contributed by atoms with Crippen molar-refractivity contribution in [2.75, 3.05) is 4.90 Å². The van der Waals surface area contributed by atoms with Crippen LogP contribution in [0.1, 0.15) is 15.9 Å². The van der Waals surface area contributed by atoms with Gasteiger partial charge in [-0.15, -0.1) is 0 Å². The summed E-state index contributed by atoms with van der Waals surface area (Å²) in [7, 11) is 0. The smallest absolute Gasteiger partial charge is 0.265 e. The van der Waals surface area contributed by atoms with Gasteiger partial charge in [-0.05, 0) is 29.8 Å². The van der Waals surface area contributed by atoms with Gasteiger partial charge in [0.15, 0.2) is 0 Å². The molecule has 0 aliphatic carbocycles. The summed E-state index contributed by atoms with van der Waals surface area (Å²) < 4.78 is 0. The van der Waals surface area contributed by atoms with Crippen molar-refractivity contribution in [2.24, 2.45) is 0 Å². The molecule has 3 heteroatoms. The summed E-state index contributed by atoms with van der Waals surface area (Å²) in [5.74, 6) is -0.566. The Bertz CT molecular complexity index is 814. The predicted octanol–water partition coefficient (Wildman–Crippen LogP) is 4.10. The van der Waals surface area contributed by atoms with E-state index in [2.05, 4.69) is 0 Å². The van der Waals surface area contributed by atoms with E-state index in [4.69, 9.17) is 0 Å². The molecule has 0 aromatic heterocycles. The molecular weight excluding hydrogens is 298 g/mol. The van der Waals surface area contributed by atoms with Crippen molar-refractivity contribution in [3.8, 4) is 0 Å². The molecular formula is C21H17NO2. The lowest BCUT2D eigenvalue weighted by molar-refractivity contribution is -0.117. The van der Waals surface area contributed by atoms with E-state index >= 15 is 0 Å². The first-order valence-electron chi connectivity index (χ1n) is 7.77. The maximum absolute atomic E-state index is 12.9. The van der Waals surface area contributed by atoms with Crippen LogP contribution >= 0.6 is 0 Å². The third-order valence-electron chi connectivity index (χ3n) is 3.69. The summed E-state index contributed by atoms with van der Waals surface area (Å²) >= 11 is 0. The van der Waals surface area contributed by atoms with Crippen molar-refractivity contribution in [1.82, 2.24) is 0 Å². The molecule has 2 amide bonds. The third-order valence-corrected chi connectivity index (χ3v) is 3.69. The molecule has 0 atom stereocenters. The van der Waals surface area contributed by atoms with E-state index in [-0.39, 0.29) is 18.2 Å². The average Bonchev–Trinajstić information content (AvgIpc) is 2.64. The minimum atomic E-state index is -0.317. The van der Waals surface area contributed by atoms with Gasteiger partial charge in [0, 0.05) is 5.56 Å². The van der Waals surface area contributed by atoms with Crippen molar-refractivity contribution in [1.29, 1.82) is 0 Å². The zero-order valence-corrected chi connectivity index (χ0v) is 13.1. The molecule has 0 saturated carbocycles. The lowest BCUT2D eigenvalue weighted by atomic mass is 10.1. The third kappa shape index (κ3) is 3.58. The topological polar surface area (TPSA) is 37.4 Å². The number of rotatable bonds is 4. The van der Waals surface area contributed by atoms with Crippen LogP contribution in [0.15, 0.2) is 91.0 Å². The first-order valence-corrected chi connectivity index (χ1v) is 7.77. The minimum Gasteiger partial charge on any atom is -0.274 e. The first-order chi connectivity index (χ1) is 11.8. The summed E-state index contributed by atoms with van der Waals surface area (Å²) in [6.07, 6.45) is 0.175. The second kappa shape index (κ2) is 7.38. The fourth-order valence-corrected chi connectivity index (χ4v) is 2.51. The van der Waals surface area contributed by atoms with Gasteiger partial charge in [0.25, 0.3) is 5.91 Å². The Labute approximate surface area is 141 Å². The summed E-state index contributed by atoms with van der Waals surface area (Å²) in [6.45, 7) is 0. The molecule has 0 aliphatic heterocycles. The quantitative estimate of drug-likeness (QED) is 0.727. The highest BCUT2D eigenvalue weighted by molar-refractivity contribution is 6.21. The van der Waals surface area contributed by atoms with E-state index in [1.165, 1.54) is 4.90 Å². The Morgan fingerprint density at radius 3 is 1.75 bits per heavy atom. The second-order valence-electron chi connectivity index (χ2n) is 5.40. The van der Waals surface area contributed by atoms with E-state index < -0.39 is 0 Å². The van der Waals surface area contributed by atoms with Gasteiger partial charge < -0.3 is 0 Å². The number of amides is 2. The number of nitrogens with zero attached hydrogens (tertiary/aromatic N) is 1. The van der Waals surface area contributed by atoms with Crippen LogP contribution in [0.2, 0.25) is 0 Å².